The van der Waals surface area contributed by atoms with Crippen molar-refractivity contribution in [2.45, 2.75) is 20.8 Å². The lowest BCUT2D eigenvalue weighted by Crippen LogP contribution is -2.05. The molecule has 0 aliphatic carbocycles. The van der Waals surface area contributed by atoms with Crippen molar-refractivity contribution in [3.8, 4) is 11.5 Å². The number of phenols is 2. The van der Waals surface area contributed by atoms with Crippen LogP contribution in [0.1, 0.15) is 16.7 Å². The van der Waals surface area contributed by atoms with Crippen molar-refractivity contribution >= 4 is 12.3 Å². The van der Waals surface area contributed by atoms with E-state index in [0.717, 1.165) is 11.1 Å². The Morgan fingerprint density at radius 2 is 1.44 bits per heavy atom. The van der Waals surface area contributed by atoms with E-state index >= 15 is 0 Å². The highest BCUT2D eigenvalue weighted by Gasteiger charge is 2.07. The molecule has 0 saturated heterocycles. The molecule has 0 amide bonds. The maximum atomic E-state index is 9.40. The number of rotatable bonds is 0. The molecule has 18 heavy (non-hydrogen) atoms. The molecule has 0 aromatic heterocycles. The van der Waals surface area contributed by atoms with E-state index in [1.54, 1.807) is 26.8 Å². The van der Waals surface area contributed by atoms with Crippen molar-refractivity contribution in [3.63, 3.8) is 0 Å². The fourth-order valence-electron chi connectivity index (χ4n) is 1.12. The van der Waals surface area contributed by atoms with E-state index in [1.165, 1.54) is 0 Å². The monoisotopic (exact) mass is 258 g/mol. The zero-order valence-electron chi connectivity index (χ0n) is 10.1. The summed E-state index contributed by atoms with van der Waals surface area (Å²) < 4.78 is 3.08. The predicted octanol–water partition coefficient (Wildman–Crippen LogP) is 2.38. The molecular weight excluding hydrogens is 244 g/mol. The number of phenolic OH excluding ortho intramolecular Hbond substituents is 2. The average Bonchev–Trinajstić information content (AvgIpc) is 2.22. The molecule has 100 valence electrons. The van der Waals surface area contributed by atoms with Gasteiger partial charge in [-0.15, -0.1) is 0 Å². The lowest BCUT2D eigenvalue weighted by molar-refractivity contribution is 0.0802. The largest absolute Gasteiger partial charge is 0.516 e. The first-order valence-corrected chi connectivity index (χ1v) is 4.79. The molecular formula is C11H14O7. The van der Waals surface area contributed by atoms with Crippen LogP contribution in [0.5, 0.6) is 11.5 Å². The minimum atomic E-state index is -1.81. The highest BCUT2D eigenvalue weighted by atomic mass is 16.7. The third kappa shape index (κ3) is 4.60. The average molecular weight is 258 g/mol. The van der Waals surface area contributed by atoms with Gasteiger partial charge in [-0.05, 0) is 43.5 Å². The standard InChI is InChI=1S/C9H12O2.C2H2O5/c1-5-4-8(10)6(2)7(3)9(5)11;3-1(4)7-2(5)6/h4,10-11H,1-3H3;(H,3,4)(H,5,6). The summed E-state index contributed by atoms with van der Waals surface area (Å²) in [5.74, 6) is 0.526. The lowest BCUT2D eigenvalue weighted by atomic mass is 10.0. The fourth-order valence-corrected chi connectivity index (χ4v) is 1.12. The quantitative estimate of drug-likeness (QED) is 0.320. The van der Waals surface area contributed by atoms with Crippen molar-refractivity contribution < 1.29 is 34.8 Å². The van der Waals surface area contributed by atoms with Crippen LogP contribution in [0.25, 0.3) is 0 Å². The molecule has 0 atom stereocenters. The predicted molar refractivity (Wildman–Crippen MR) is 61.1 cm³/mol. The zero-order valence-corrected chi connectivity index (χ0v) is 10.1. The normalized spacial score (nSPS) is 9.06. The number of ether oxygens (including phenoxy) is 1. The summed E-state index contributed by atoms with van der Waals surface area (Å²) in [7, 11) is 0. The minimum Gasteiger partial charge on any atom is -0.508 e. The Labute approximate surface area is 103 Å². The Morgan fingerprint density at radius 1 is 1.00 bits per heavy atom. The highest BCUT2D eigenvalue weighted by molar-refractivity contribution is 5.74. The number of aryl methyl sites for hydroxylation is 1. The molecule has 0 fully saturated rings. The van der Waals surface area contributed by atoms with E-state index in [2.05, 4.69) is 4.74 Å². The van der Waals surface area contributed by atoms with Crippen LogP contribution in [-0.4, -0.2) is 32.7 Å². The van der Waals surface area contributed by atoms with Crippen molar-refractivity contribution in [1.82, 2.24) is 0 Å². The van der Waals surface area contributed by atoms with Gasteiger partial charge in [-0.25, -0.2) is 9.59 Å². The number of benzene rings is 1. The van der Waals surface area contributed by atoms with E-state index < -0.39 is 12.3 Å². The molecule has 0 aliphatic heterocycles. The Bertz CT molecular complexity index is 427. The second-order valence-electron chi connectivity index (χ2n) is 3.45. The number of carbonyl (C=O) groups is 2. The Hall–Kier alpha value is -2.44. The van der Waals surface area contributed by atoms with Crippen LogP contribution in [0, 0.1) is 20.8 Å². The number of hydrogen-bond acceptors (Lipinski definition) is 5. The summed E-state index contributed by atoms with van der Waals surface area (Å²) >= 11 is 0. The van der Waals surface area contributed by atoms with E-state index in [9.17, 15) is 19.8 Å². The molecule has 1 aromatic rings. The molecule has 0 aliphatic rings. The van der Waals surface area contributed by atoms with Gasteiger partial charge in [0, 0.05) is 0 Å². The van der Waals surface area contributed by atoms with Crippen LogP contribution in [0.2, 0.25) is 0 Å². The maximum Gasteiger partial charge on any atom is 0.516 e. The van der Waals surface area contributed by atoms with E-state index in [4.69, 9.17) is 10.2 Å². The highest BCUT2D eigenvalue weighted by Crippen LogP contribution is 2.30. The molecule has 7 nitrogen and oxygen atoms in total. The Balaban J connectivity index is 0.000000360. The van der Waals surface area contributed by atoms with E-state index in [0.29, 0.717) is 5.56 Å². The second kappa shape index (κ2) is 6.33. The lowest BCUT2D eigenvalue weighted by Gasteiger charge is -2.07. The zero-order chi connectivity index (χ0) is 14.5. The summed E-state index contributed by atoms with van der Waals surface area (Å²) in [6.45, 7) is 5.34. The Kier molecular flexibility index (Phi) is 5.47. The van der Waals surface area contributed by atoms with Gasteiger partial charge in [-0.2, -0.15) is 0 Å². The van der Waals surface area contributed by atoms with Gasteiger partial charge in [-0.3, -0.25) is 0 Å². The van der Waals surface area contributed by atoms with Gasteiger partial charge in [-0.1, -0.05) is 0 Å². The number of aromatic hydroxyl groups is 2. The van der Waals surface area contributed by atoms with Gasteiger partial charge in [0.05, 0.1) is 0 Å². The van der Waals surface area contributed by atoms with Gasteiger partial charge >= 0.3 is 12.3 Å². The van der Waals surface area contributed by atoms with Crippen molar-refractivity contribution in [1.29, 1.82) is 0 Å². The summed E-state index contributed by atoms with van der Waals surface area (Å²) in [5.41, 5.74) is 2.21. The van der Waals surface area contributed by atoms with E-state index in [1.807, 2.05) is 0 Å². The third-order valence-corrected chi connectivity index (χ3v) is 2.20. The molecule has 0 unspecified atom stereocenters. The van der Waals surface area contributed by atoms with Crippen LogP contribution in [0.4, 0.5) is 9.59 Å². The molecule has 1 aromatic carbocycles. The van der Waals surface area contributed by atoms with E-state index in [-0.39, 0.29) is 11.5 Å². The number of carboxylic acid groups (broad SMARTS) is 2. The number of hydrogen-bond donors (Lipinski definition) is 4. The fraction of sp³-hybridized carbons (Fsp3) is 0.273. The van der Waals surface area contributed by atoms with Gasteiger partial charge in [0.1, 0.15) is 11.5 Å². The van der Waals surface area contributed by atoms with Crippen LogP contribution >= 0.6 is 0 Å². The molecule has 0 radical (unpaired) electrons. The topological polar surface area (TPSA) is 124 Å². The van der Waals surface area contributed by atoms with Gasteiger partial charge < -0.3 is 25.2 Å². The molecule has 7 heteroatoms. The summed E-state index contributed by atoms with van der Waals surface area (Å²) in [4.78, 5) is 18.4. The maximum absolute atomic E-state index is 9.40. The van der Waals surface area contributed by atoms with Gasteiger partial charge in [0.2, 0.25) is 0 Å². The smallest absolute Gasteiger partial charge is 0.508 e. The summed E-state index contributed by atoms with van der Waals surface area (Å²) in [6.07, 6.45) is -3.62. The molecule has 1 rings (SSSR count). The van der Waals surface area contributed by atoms with Crippen molar-refractivity contribution in [3.05, 3.63) is 22.8 Å². The Morgan fingerprint density at radius 3 is 1.78 bits per heavy atom. The third-order valence-electron chi connectivity index (χ3n) is 2.20. The molecule has 0 bridgehead atoms. The molecule has 0 heterocycles. The van der Waals surface area contributed by atoms with Crippen LogP contribution in [0.3, 0.4) is 0 Å². The first-order chi connectivity index (χ1) is 8.16. The second-order valence-corrected chi connectivity index (χ2v) is 3.45. The van der Waals surface area contributed by atoms with Crippen LogP contribution in [-0.2, 0) is 4.74 Å². The van der Waals surface area contributed by atoms with Crippen LogP contribution < -0.4 is 0 Å². The summed E-state index contributed by atoms with van der Waals surface area (Å²) in [6, 6.07) is 1.57. The van der Waals surface area contributed by atoms with Gasteiger partial charge in [0.25, 0.3) is 0 Å². The van der Waals surface area contributed by atoms with Crippen LogP contribution in [0.15, 0.2) is 6.07 Å². The SMILES string of the molecule is Cc1cc(O)c(C)c(C)c1O.O=C(O)OC(=O)O. The van der Waals surface area contributed by atoms with Crippen molar-refractivity contribution in [2.75, 3.05) is 0 Å². The first-order valence-electron chi connectivity index (χ1n) is 4.79. The summed E-state index contributed by atoms with van der Waals surface area (Å²) in [5, 5.41) is 33.7. The molecule has 4 N–H and O–H groups in total. The van der Waals surface area contributed by atoms with Gasteiger partial charge in [0.15, 0.2) is 0 Å². The van der Waals surface area contributed by atoms with Crippen molar-refractivity contribution in [2.24, 2.45) is 0 Å². The molecule has 0 saturated carbocycles. The first kappa shape index (κ1) is 15.6. The molecule has 0 spiro atoms. The minimum absolute atomic E-state index is 0.248.